The van der Waals surface area contributed by atoms with Crippen LogP contribution in [-0.4, -0.2) is 33.9 Å². The van der Waals surface area contributed by atoms with Gasteiger partial charge in [-0.3, -0.25) is 18.7 Å². The highest BCUT2D eigenvalue weighted by molar-refractivity contribution is 6.33. The molecule has 0 radical (unpaired) electrons. The molecule has 1 N–H and O–H groups in total. The number of carboxylic acid groups (broad SMARTS) is 1. The molecule has 0 saturated carbocycles. The van der Waals surface area contributed by atoms with Crippen molar-refractivity contribution in [1.29, 1.82) is 0 Å². The summed E-state index contributed by atoms with van der Waals surface area (Å²) in [5.41, 5.74) is -1.51. The third kappa shape index (κ3) is 3.80. The van der Waals surface area contributed by atoms with E-state index in [2.05, 4.69) is 0 Å². The monoisotopic (exact) mass is 370 g/mol. The zero-order valence-corrected chi connectivity index (χ0v) is 14.3. The van der Waals surface area contributed by atoms with Crippen LogP contribution in [0, 0.1) is 5.82 Å². The van der Waals surface area contributed by atoms with E-state index in [0.29, 0.717) is 0 Å². The Morgan fingerprint density at radius 1 is 1.36 bits per heavy atom. The van der Waals surface area contributed by atoms with Gasteiger partial charge < -0.3 is 9.84 Å². The van der Waals surface area contributed by atoms with Gasteiger partial charge in [0.2, 0.25) is 0 Å². The van der Waals surface area contributed by atoms with Gasteiger partial charge in [-0.05, 0) is 13.0 Å². The number of aromatic nitrogens is 2. The highest BCUT2D eigenvalue weighted by atomic mass is 35.5. The summed E-state index contributed by atoms with van der Waals surface area (Å²) < 4.78 is 20.5. The van der Waals surface area contributed by atoms with Crippen LogP contribution in [0.5, 0.6) is 0 Å². The molecule has 134 valence electrons. The van der Waals surface area contributed by atoms with Gasteiger partial charge in [0.25, 0.3) is 5.56 Å². The number of carbonyl (C=O) groups is 1. The van der Waals surface area contributed by atoms with Crippen molar-refractivity contribution >= 4 is 17.6 Å². The minimum Gasteiger partial charge on any atom is -0.480 e. The Bertz CT molecular complexity index is 922. The average Bonchev–Trinajstić information content (AvgIpc) is 2.53. The van der Waals surface area contributed by atoms with Gasteiger partial charge in [-0.1, -0.05) is 23.7 Å². The third-order valence-corrected chi connectivity index (χ3v) is 3.97. The number of hydrogen-bond acceptors (Lipinski definition) is 4. The lowest BCUT2D eigenvalue weighted by molar-refractivity contribution is -0.137. The average molecular weight is 371 g/mol. The van der Waals surface area contributed by atoms with Crippen molar-refractivity contribution < 1.29 is 19.0 Å². The van der Waals surface area contributed by atoms with Crippen LogP contribution in [0.1, 0.15) is 13.0 Å². The lowest BCUT2D eigenvalue weighted by Crippen LogP contribution is -2.43. The van der Waals surface area contributed by atoms with Gasteiger partial charge in [-0.2, -0.15) is 0 Å². The maximum atomic E-state index is 13.7. The first-order valence-electron chi connectivity index (χ1n) is 7.29. The van der Waals surface area contributed by atoms with Crippen LogP contribution in [0.2, 0.25) is 5.02 Å². The summed E-state index contributed by atoms with van der Waals surface area (Å²) in [4.78, 5) is 36.3. The first kappa shape index (κ1) is 18.9. The zero-order valence-electron chi connectivity index (χ0n) is 13.5. The second-order valence-corrected chi connectivity index (χ2v) is 5.81. The van der Waals surface area contributed by atoms with E-state index < -0.39 is 35.6 Å². The molecule has 0 aliphatic heterocycles. The van der Waals surface area contributed by atoms with E-state index in [1.165, 1.54) is 19.2 Å². The van der Waals surface area contributed by atoms with Gasteiger partial charge in [0, 0.05) is 18.9 Å². The Balaban J connectivity index is 2.82. The SMILES string of the molecule is COC[C@H](C)n1c(=O)c(-c2cccc(F)c2Cl)cn(CC(=O)O)c1=O. The fourth-order valence-corrected chi connectivity index (χ4v) is 2.71. The molecule has 7 nitrogen and oxygen atoms in total. The summed E-state index contributed by atoms with van der Waals surface area (Å²) in [7, 11) is 1.41. The maximum absolute atomic E-state index is 13.7. The molecule has 0 unspecified atom stereocenters. The highest BCUT2D eigenvalue weighted by Crippen LogP contribution is 2.27. The molecule has 9 heteroatoms. The highest BCUT2D eigenvalue weighted by Gasteiger charge is 2.20. The van der Waals surface area contributed by atoms with Gasteiger partial charge in [0.05, 0.1) is 23.2 Å². The van der Waals surface area contributed by atoms with Gasteiger partial charge >= 0.3 is 11.7 Å². The number of hydrogen-bond donors (Lipinski definition) is 1. The van der Waals surface area contributed by atoms with E-state index in [-0.39, 0.29) is 22.8 Å². The summed E-state index contributed by atoms with van der Waals surface area (Å²) in [6.07, 6.45) is 1.08. The molecule has 0 amide bonds. The van der Waals surface area contributed by atoms with Crippen LogP contribution in [0.4, 0.5) is 4.39 Å². The third-order valence-electron chi connectivity index (χ3n) is 3.58. The van der Waals surface area contributed by atoms with Crippen molar-refractivity contribution in [1.82, 2.24) is 9.13 Å². The first-order valence-corrected chi connectivity index (χ1v) is 7.66. The summed E-state index contributed by atoms with van der Waals surface area (Å²) >= 11 is 5.94. The molecule has 25 heavy (non-hydrogen) atoms. The summed E-state index contributed by atoms with van der Waals surface area (Å²) in [5, 5.41) is 8.71. The molecule has 0 bridgehead atoms. The Morgan fingerprint density at radius 2 is 2.04 bits per heavy atom. The summed E-state index contributed by atoms with van der Waals surface area (Å²) in [6.45, 7) is 0.982. The minimum atomic E-state index is -1.26. The second kappa shape index (κ2) is 7.62. The Hall–Kier alpha value is -2.45. The zero-order chi connectivity index (χ0) is 18.7. The van der Waals surface area contributed by atoms with E-state index >= 15 is 0 Å². The standard InChI is InChI=1S/C16H16ClFN2O5/c1-9(8-25-2)20-15(23)11(6-19(16(20)24)7-13(21)22)10-4-3-5-12(18)14(10)17/h3-6,9H,7-8H2,1-2H3,(H,21,22)/t9-/m0/s1. The van der Waals surface area contributed by atoms with Crippen molar-refractivity contribution in [2.75, 3.05) is 13.7 Å². The quantitative estimate of drug-likeness (QED) is 0.836. The first-order chi connectivity index (χ1) is 11.8. The molecule has 2 rings (SSSR count). The van der Waals surface area contributed by atoms with E-state index in [0.717, 1.165) is 21.4 Å². The minimum absolute atomic E-state index is 0.0581. The topological polar surface area (TPSA) is 90.5 Å². The van der Waals surface area contributed by atoms with E-state index in [4.69, 9.17) is 21.4 Å². The predicted molar refractivity (Wildman–Crippen MR) is 89.6 cm³/mol. The van der Waals surface area contributed by atoms with Gasteiger partial charge in [0.1, 0.15) is 12.4 Å². The van der Waals surface area contributed by atoms with Gasteiger partial charge in [-0.25, -0.2) is 9.18 Å². The van der Waals surface area contributed by atoms with Gasteiger partial charge in [-0.15, -0.1) is 0 Å². The number of methoxy groups -OCH3 is 1. The normalized spacial score (nSPS) is 12.2. The molecule has 1 aromatic heterocycles. The smallest absolute Gasteiger partial charge is 0.331 e. The van der Waals surface area contributed by atoms with Crippen LogP contribution in [0.3, 0.4) is 0 Å². The molecule has 0 fully saturated rings. The number of halogens is 2. The van der Waals surface area contributed by atoms with E-state index in [9.17, 15) is 18.8 Å². The summed E-state index contributed by atoms with van der Waals surface area (Å²) in [5.74, 6) is -1.99. The van der Waals surface area contributed by atoms with Crippen molar-refractivity contribution in [3.05, 3.63) is 56.1 Å². The maximum Gasteiger partial charge on any atom is 0.331 e. The van der Waals surface area contributed by atoms with E-state index in [1.54, 1.807) is 6.92 Å². The number of aliphatic carboxylic acids is 1. The number of rotatable bonds is 6. The molecule has 1 aromatic carbocycles. The summed E-state index contributed by atoms with van der Waals surface area (Å²) in [6, 6.07) is 3.26. The number of benzene rings is 1. The Morgan fingerprint density at radius 3 is 2.64 bits per heavy atom. The van der Waals surface area contributed by atoms with Crippen molar-refractivity contribution in [2.24, 2.45) is 0 Å². The lowest BCUT2D eigenvalue weighted by atomic mass is 10.1. The van der Waals surface area contributed by atoms with Crippen molar-refractivity contribution in [2.45, 2.75) is 19.5 Å². The van der Waals surface area contributed by atoms with Crippen LogP contribution in [0.15, 0.2) is 34.0 Å². The molecule has 0 spiro atoms. The molecule has 0 aliphatic rings. The second-order valence-electron chi connectivity index (χ2n) is 5.43. The Kier molecular flexibility index (Phi) is 5.76. The fourth-order valence-electron chi connectivity index (χ4n) is 2.48. The molecule has 1 atom stereocenters. The lowest BCUT2D eigenvalue weighted by Gasteiger charge is -2.17. The van der Waals surface area contributed by atoms with Crippen LogP contribution in [0.25, 0.3) is 11.1 Å². The number of carboxylic acids is 1. The van der Waals surface area contributed by atoms with Crippen LogP contribution in [-0.2, 0) is 16.1 Å². The van der Waals surface area contributed by atoms with Crippen LogP contribution >= 0.6 is 11.6 Å². The largest absolute Gasteiger partial charge is 0.480 e. The number of nitrogens with zero attached hydrogens (tertiary/aromatic N) is 2. The van der Waals surface area contributed by atoms with Gasteiger partial charge in [0.15, 0.2) is 0 Å². The van der Waals surface area contributed by atoms with Crippen molar-refractivity contribution in [3.63, 3.8) is 0 Å². The molecule has 1 heterocycles. The fraction of sp³-hybridized carbons (Fsp3) is 0.312. The molecular weight excluding hydrogens is 355 g/mol. The van der Waals surface area contributed by atoms with E-state index in [1.807, 2.05) is 0 Å². The molecule has 0 saturated heterocycles. The predicted octanol–water partition coefficient (Wildman–Crippen LogP) is 1.76. The molecular formula is C16H16ClFN2O5. The molecule has 0 aliphatic carbocycles. The molecule has 2 aromatic rings. The number of ether oxygens (including phenoxy) is 1. The van der Waals surface area contributed by atoms with Crippen LogP contribution < -0.4 is 11.2 Å². The van der Waals surface area contributed by atoms with Crippen molar-refractivity contribution in [3.8, 4) is 11.1 Å². The Labute approximate surface area is 146 Å².